The Balaban J connectivity index is 0.000000313. The van der Waals surface area contributed by atoms with Gasteiger partial charge in [0.05, 0.1) is 80.0 Å². The maximum absolute atomic E-state index is 13.6. The van der Waals surface area contributed by atoms with Gasteiger partial charge in [-0.15, -0.1) is 0 Å². The number of ether oxygens (including phenoxy) is 2. The summed E-state index contributed by atoms with van der Waals surface area (Å²) in [6.45, 7) is 2.50. The van der Waals surface area contributed by atoms with Crippen LogP contribution in [0.15, 0.2) is 79.9 Å². The number of carbonyl (C=O) groups is 4. The number of anilines is 4. The van der Waals surface area contributed by atoms with E-state index in [0.29, 0.717) is 82.3 Å². The molecule has 0 unspecified atom stereocenters. The Kier molecular flexibility index (Phi) is 29.7. The Morgan fingerprint density at radius 1 is 0.532 bits per heavy atom. The van der Waals surface area contributed by atoms with Gasteiger partial charge in [0.2, 0.25) is 35.6 Å². The minimum absolute atomic E-state index is 0. The van der Waals surface area contributed by atoms with Crippen LogP contribution in [0.4, 0.5) is 40.8 Å². The number of esters is 2. The molecule has 4 aliphatic rings. The zero-order valence-electron chi connectivity index (χ0n) is 48.4. The number of aromatic amines is 1. The third-order valence-electron chi connectivity index (χ3n) is 16.3. The minimum atomic E-state index is -0.653. The normalized spacial score (nSPS) is 19.7. The van der Waals surface area contributed by atoms with E-state index >= 15 is 0 Å². The van der Waals surface area contributed by atoms with Crippen molar-refractivity contribution in [1.82, 2.24) is 69.5 Å². The number of amides is 2. The molecule has 0 spiro atoms. The van der Waals surface area contributed by atoms with Crippen LogP contribution >= 0.6 is 0 Å². The van der Waals surface area contributed by atoms with Crippen LogP contribution in [0, 0.1) is 53.4 Å². The molecule has 1 aromatic carbocycles. The molecule has 4 aliphatic carbocycles. The summed E-state index contributed by atoms with van der Waals surface area (Å²) in [6.07, 6.45) is 15.9. The van der Waals surface area contributed by atoms with Gasteiger partial charge in [0.25, 0.3) is 0 Å². The van der Waals surface area contributed by atoms with Crippen molar-refractivity contribution >= 4 is 91.2 Å². The Morgan fingerprint density at radius 2 is 0.915 bits per heavy atom. The van der Waals surface area contributed by atoms with Gasteiger partial charge in [0.15, 0.2) is 23.3 Å². The van der Waals surface area contributed by atoms with E-state index in [1.807, 2.05) is 44.0 Å². The summed E-state index contributed by atoms with van der Waals surface area (Å²) in [5.74, 6) is -2.52. The van der Waals surface area contributed by atoms with Gasteiger partial charge in [0, 0.05) is 54.2 Å². The highest BCUT2D eigenvalue weighted by Crippen LogP contribution is 2.40. The van der Waals surface area contributed by atoms with Gasteiger partial charge in [0.1, 0.15) is 22.1 Å². The molecule has 2 amide bonds. The van der Waals surface area contributed by atoms with Crippen LogP contribution in [-0.2, 0) is 40.1 Å². The van der Waals surface area contributed by atoms with Crippen molar-refractivity contribution in [3.63, 3.8) is 0 Å². The van der Waals surface area contributed by atoms with Crippen LogP contribution in [0.1, 0.15) is 152 Å². The first kappa shape index (κ1) is 78.7. The molecule has 8 aromatic heterocycles. The number of benzene rings is 1. The van der Waals surface area contributed by atoms with Crippen LogP contribution in [0.5, 0.6) is 0 Å². The third kappa shape index (κ3) is 18.6. The summed E-state index contributed by atoms with van der Waals surface area (Å²) in [7, 11) is 2.86. The summed E-state index contributed by atoms with van der Waals surface area (Å²) in [6, 6.07) is 15.0. The second-order valence-electron chi connectivity index (χ2n) is 22.0. The fourth-order valence-electron chi connectivity index (χ4n) is 11.9. The van der Waals surface area contributed by atoms with E-state index in [-0.39, 0.29) is 133 Å². The van der Waals surface area contributed by atoms with E-state index in [1.54, 1.807) is 24.5 Å². The number of hydrogen-bond donors (Lipinski definition) is 8. The predicted molar refractivity (Wildman–Crippen MR) is 353 cm³/mol. The van der Waals surface area contributed by atoms with Gasteiger partial charge in [-0.05, 0) is 88.5 Å². The van der Waals surface area contributed by atoms with Crippen LogP contribution < -0.4 is 33.9 Å². The lowest BCUT2D eigenvalue weighted by Gasteiger charge is -2.14. The highest BCUT2D eigenvalue weighted by molar-refractivity contribution is 5.87. The molecule has 94 heavy (non-hydrogen) atoms. The topological polar surface area (TPSA) is 378 Å². The molecule has 12 N–H and O–H groups in total. The van der Waals surface area contributed by atoms with Crippen LogP contribution in [0.3, 0.4) is 0 Å². The van der Waals surface area contributed by atoms with Gasteiger partial charge >= 0.3 is 11.9 Å². The number of halogens is 4. The number of nitrogens with two attached hydrogens (primary N) is 4. The van der Waals surface area contributed by atoms with Crippen LogP contribution in [0.25, 0.3) is 44.1 Å². The zero-order chi connectivity index (χ0) is 62.8. The Hall–Kier alpha value is -9.58. The Bertz CT molecular complexity index is 3810. The smallest absolute Gasteiger partial charge is 0.308 e. The Labute approximate surface area is 544 Å². The highest BCUT2D eigenvalue weighted by atomic mass is 19.1. The number of aromatic nitrogens is 12. The standard InChI is InChI=1S/C19H20FN5O2.C13H15FN4O2.C12H14FN5O2.C8H14O2.C6H5FN4.6CH4/c20-16-9-15-17(18(21)23-16)22-11-25(15)14-7-6-13(8-14)19(26)24-27-10-12-4-2-1-3-5-12;1-20-13(19)7-2-3-8(4-7)18-6-16-11-9(18)5-10(14)17-12(11)15;13-9-4-8-10(11(14)16-9)15-5-18(8)7-2-1-6(3-7)12(19)17-20;1-6-3-4-7(5-6)8(9)10-2;7-4-1-3-5(6(8)11-4)10-2-9-3;;;;;;/h1-5,9,11,13-14H,6-8,10H2,(H2,21,23)(H,24,26);5-8H,2-4H2,1H3,(H2,15,17);4-7,20H,1-3H2,(H2,14,16)(H,17,19);6-7H,3-5H2,1-2H3;1-2H,(H2,8,11)(H,9,10);6*1H4/t13-,14-;7-,8-;6-,7-;6-,7+;;;;;;;/m1110......./s1. The molecule has 0 bridgehead atoms. The van der Waals surface area contributed by atoms with E-state index in [9.17, 15) is 36.7 Å². The van der Waals surface area contributed by atoms with Crippen LogP contribution in [-0.4, -0.2) is 102 Å². The number of imidazole rings is 4. The molecular formula is C64H92F4N18O8. The molecule has 0 radical (unpaired) electrons. The number of pyridine rings is 4. The summed E-state index contributed by atoms with van der Waals surface area (Å²) >= 11 is 0. The number of nitrogens with zero attached hydrogens (tertiary/aromatic N) is 11. The summed E-state index contributed by atoms with van der Waals surface area (Å²) in [5.41, 5.74) is 31.9. The molecule has 9 aromatic rings. The van der Waals surface area contributed by atoms with Crippen molar-refractivity contribution in [3.8, 4) is 0 Å². The molecule has 8 atom stereocenters. The second-order valence-corrected chi connectivity index (χ2v) is 22.0. The molecule has 4 saturated carbocycles. The van der Waals surface area contributed by atoms with Gasteiger partial charge in [-0.2, -0.15) is 17.6 Å². The monoisotopic (exact) mass is 1320 g/mol. The van der Waals surface area contributed by atoms with Gasteiger partial charge in [-0.25, -0.2) is 50.8 Å². The molecule has 26 nitrogen and oxygen atoms in total. The lowest BCUT2D eigenvalue weighted by atomic mass is 10.1. The molecule has 0 saturated heterocycles. The number of nitrogens with one attached hydrogen (secondary N) is 3. The number of hydrogen-bond acceptors (Lipinski definition) is 20. The molecule has 30 heteroatoms. The van der Waals surface area contributed by atoms with Crippen molar-refractivity contribution in [2.45, 2.75) is 153 Å². The zero-order valence-corrected chi connectivity index (χ0v) is 48.4. The molecule has 514 valence electrons. The fourth-order valence-corrected chi connectivity index (χ4v) is 11.9. The number of nitrogen functional groups attached to an aromatic ring is 4. The number of rotatable bonds is 10. The average molecular weight is 1320 g/mol. The minimum Gasteiger partial charge on any atom is -0.469 e. The van der Waals surface area contributed by atoms with Gasteiger partial charge in [-0.1, -0.05) is 81.8 Å². The number of fused-ring (bicyclic) bond motifs is 4. The van der Waals surface area contributed by atoms with E-state index in [0.717, 1.165) is 50.5 Å². The van der Waals surface area contributed by atoms with Gasteiger partial charge in [-0.3, -0.25) is 29.2 Å². The number of hydroxylamine groups is 2. The van der Waals surface area contributed by atoms with Crippen molar-refractivity contribution in [2.75, 3.05) is 37.2 Å². The maximum atomic E-state index is 13.6. The molecule has 8 heterocycles. The Morgan fingerprint density at radius 3 is 1.33 bits per heavy atom. The van der Waals surface area contributed by atoms with E-state index < -0.39 is 23.8 Å². The van der Waals surface area contributed by atoms with Crippen LogP contribution in [0.2, 0.25) is 0 Å². The summed E-state index contributed by atoms with van der Waals surface area (Å²) < 4.78 is 67.9. The first-order valence-electron chi connectivity index (χ1n) is 28.5. The number of H-pyrrole nitrogens is 1. The lowest BCUT2D eigenvalue weighted by Crippen LogP contribution is -2.29. The first-order valence-corrected chi connectivity index (χ1v) is 28.5. The van der Waals surface area contributed by atoms with Gasteiger partial charge < -0.3 is 51.1 Å². The largest absolute Gasteiger partial charge is 0.469 e. The second kappa shape index (κ2) is 35.5. The maximum Gasteiger partial charge on any atom is 0.308 e. The van der Waals surface area contributed by atoms with E-state index in [2.05, 4.69) is 62.0 Å². The molecule has 4 fully saturated rings. The lowest BCUT2D eigenvalue weighted by molar-refractivity contribution is -0.146. The average Bonchev–Trinajstić information content (AvgIpc) is 1.63. The quantitative estimate of drug-likeness (QED) is 0.0207. The third-order valence-corrected chi connectivity index (χ3v) is 16.3. The van der Waals surface area contributed by atoms with E-state index in [4.69, 9.17) is 37.7 Å². The first-order chi connectivity index (χ1) is 42.3. The summed E-state index contributed by atoms with van der Waals surface area (Å²) in [5, 5.41) is 8.66. The molecule has 13 rings (SSSR count). The summed E-state index contributed by atoms with van der Waals surface area (Å²) in [4.78, 5) is 84.9. The van der Waals surface area contributed by atoms with Crippen molar-refractivity contribution in [2.24, 2.45) is 29.6 Å². The highest BCUT2D eigenvalue weighted by Gasteiger charge is 2.35. The molecular weight excluding hydrogens is 1220 g/mol. The van der Waals surface area contributed by atoms with E-state index in [1.165, 1.54) is 51.2 Å². The van der Waals surface area contributed by atoms with Crippen molar-refractivity contribution in [3.05, 3.63) is 109 Å². The predicted octanol–water partition coefficient (Wildman–Crippen LogP) is 11.5. The van der Waals surface area contributed by atoms with Crippen molar-refractivity contribution < 1.29 is 56.3 Å². The molecule has 0 aliphatic heterocycles. The SMILES string of the molecule is C.C.C.C.C.C.COC(=O)[C@@H]1CC[C@@H](n2cnc3c(N)nc(F)cc32)C1.COC(=O)[C@@H]1CC[C@H](C)C1.Nc1nc(F)cc2[nH]cnc12.Nc1nc(F)cc2c1ncn2[C@@H]1CC[C@@H](C(=O)NO)C1.Nc1nc(F)cc2c1ncn2[C@@H]1CC[C@@H](C(=O)NOCc2ccccc2)C1. The number of carbonyl (C=O) groups excluding carboxylic acids is 4. The number of methoxy groups -OCH3 is 2. The van der Waals surface area contributed by atoms with Crippen molar-refractivity contribution in [1.29, 1.82) is 0 Å². The fraction of sp³-hybridized carbons (Fsp3) is 0.469.